The van der Waals surface area contributed by atoms with Gasteiger partial charge < -0.3 is 9.47 Å². The molecule has 0 saturated carbocycles. The van der Waals surface area contributed by atoms with Crippen molar-refractivity contribution in [1.29, 1.82) is 0 Å². The monoisotopic (exact) mass is 472 g/mol. The molecule has 0 bridgehead atoms. The third-order valence-electron chi connectivity index (χ3n) is 5.31. The second kappa shape index (κ2) is 8.90. The molecular formula is C26H21BrN2O2. The van der Waals surface area contributed by atoms with Crippen molar-refractivity contribution in [3.8, 4) is 0 Å². The van der Waals surface area contributed by atoms with Crippen molar-refractivity contribution in [3.63, 3.8) is 0 Å². The van der Waals surface area contributed by atoms with Crippen LogP contribution in [0, 0.1) is 0 Å². The summed E-state index contributed by atoms with van der Waals surface area (Å²) < 4.78 is 13.1. The highest BCUT2D eigenvalue weighted by Gasteiger charge is 2.30. The Balaban J connectivity index is 1.51. The fourth-order valence-electron chi connectivity index (χ4n) is 3.67. The van der Waals surface area contributed by atoms with E-state index in [1.165, 1.54) is 0 Å². The van der Waals surface area contributed by atoms with Gasteiger partial charge in [0.2, 0.25) is 11.8 Å². The lowest BCUT2D eigenvalue weighted by atomic mass is 10.1. The predicted octanol–water partition coefficient (Wildman–Crippen LogP) is 6.17. The number of aliphatic imine (C=N–C) groups is 2. The van der Waals surface area contributed by atoms with Crippen LogP contribution in [-0.2, 0) is 9.47 Å². The van der Waals surface area contributed by atoms with Crippen LogP contribution in [0.1, 0.15) is 28.8 Å². The first-order chi connectivity index (χ1) is 15.3. The molecule has 0 unspecified atom stereocenters. The first-order valence-electron chi connectivity index (χ1n) is 10.3. The van der Waals surface area contributed by atoms with Gasteiger partial charge in [0.05, 0.1) is 5.57 Å². The van der Waals surface area contributed by atoms with Gasteiger partial charge in [-0.25, -0.2) is 9.98 Å². The highest BCUT2D eigenvalue weighted by molar-refractivity contribution is 9.10. The molecule has 3 aromatic carbocycles. The van der Waals surface area contributed by atoms with Gasteiger partial charge >= 0.3 is 0 Å². The standard InChI is InChI=1S/C26H21BrN2O2/c27-21-13-11-18(12-14-21)15-22(25-28-23(16-30-25)19-7-3-1-4-8-19)26-29-24(17-31-26)20-9-5-2-6-10-20/h1-15,23-24H,16-17H2/t23-,24-/m1/s1. The minimum absolute atomic E-state index is 0.0311. The molecule has 0 fully saturated rings. The van der Waals surface area contributed by atoms with Crippen LogP contribution in [0.2, 0.25) is 0 Å². The lowest BCUT2D eigenvalue weighted by molar-refractivity contribution is 0.310. The van der Waals surface area contributed by atoms with Gasteiger partial charge in [0, 0.05) is 4.47 Å². The van der Waals surface area contributed by atoms with Crippen LogP contribution in [0.5, 0.6) is 0 Å². The van der Waals surface area contributed by atoms with Crippen LogP contribution in [0.4, 0.5) is 0 Å². The van der Waals surface area contributed by atoms with E-state index < -0.39 is 0 Å². The normalized spacial score (nSPS) is 19.8. The largest absolute Gasteiger partial charge is 0.475 e. The number of benzene rings is 3. The molecule has 0 radical (unpaired) electrons. The van der Waals surface area contributed by atoms with E-state index in [1.54, 1.807) is 0 Å². The second-order valence-electron chi connectivity index (χ2n) is 7.45. The maximum absolute atomic E-state index is 6.04. The molecule has 3 aromatic rings. The van der Waals surface area contributed by atoms with E-state index in [9.17, 15) is 0 Å². The average molecular weight is 473 g/mol. The highest BCUT2D eigenvalue weighted by atomic mass is 79.9. The van der Waals surface area contributed by atoms with E-state index in [-0.39, 0.29) is 12.1 Å². The van der Waals surface area contributed by atoms with Gasteiger partial charge in [-0.15, -0.1) is 0 Å². The summed E-state index contributed by atoms with van der Waals surface area (Å²) in [5.41, 5.74) is 4.08. The number of halogens is 1. The zero-order chi connectivity index (χ0) is 21.0. The van der Waals surface area contributed by atoms with Gasteiger partial charge in [0.1, 0.15) is 25.3 Å². The van der Waals surface area contributed by atoms with E-state index in [2.05, 4.69) is 40.2 Å². The number of hydrogen-bond donors (Lipinski definition) is 0. The van der Waals surface area contributed by atoms with Crippen molar-refractivity contribution >= 4 is 33.8 Å². The zero-order valence-corrected chi connectivity index (χ0v) is 18.4. The van der Waals surface area contributed by atoms with Gasteiger partial charge in [0.15, 0.2) is 0 Å². The molecule has 2 aliphatic rings. The van der Waals surface area contributed by atoms with Crippen LogP contribution < -0.4 is 0 Å². The molecule has 4 nitrogen and oxygen atoms in total. The summed E-state index contributed by atoms with van der Waals surface area (Å²) in [7, 11) is 0. The van der Waals surface area contributed by atoms with E-state index in [1.807, 2.05) is 66.7 Å². The third-order valence-corrected chi connectivity index (χ3v) is 5.84. The summed E-state index contributed by atoms with van der Waals surface area (Å²) in [5, 5.41) is 0. The van der Waals surface area contributed by atoms with Crippen LogP contribution in [-0.4, -0.2) is 25.0 Å². The van der Waals surface area contributed by atoms with Gasteiger partial charge in [0.25, 0.3) is 0 Å². The van der Waals surface area contributed by atoms with Crippen LogP contribution in [0.15, 0.2) is 105 Å². The molecule has 0 saturated heterocycles. The molecule has 0 amide bonds. The van der Waals surface area contributed by atoms with E-state index in [4.69, 9.17) is 19.5 Å². The first-order valence-corrected chi connectivity index (χ1v) is 11.0. The molecule has 0 spiro atoms. The number of ether oxygens (including phenoxy) is 2. The van der Waals surface area contributed by atoms with Crippen LogP contribution in [0.25, 0.3) is 6.08 Å². The summed E-state index contributed by atoms with van der Waals surface area (Å²) in [6.07, 6.45) is 2.03. The summed E-state index contributed by atoms with van der Waals surface area (Å²) in [4.78, 5) is 9.74. The Morgan fingerprint density at radius 2 is 1.19 bits per heavy atom. The lowest BCUT2D eigenvalue weighted by Gasteiger charge is -2.07. The van der Waals surface area contributed by atoms with Crippen molar-refractivity contribution in [3.05, 3.63) is 112 Å². The molecule has 31 heavy (non-hydrogen) atoms. The molecule has 154 valence electrons. The maximum Gasteiger partial charge on any atom is 0.222 e. The topological polar surface area (TPSA) is 43.2 Å². The van der Waals surface area contributed by atoms with E-state index in [0.717, 1.165) is 26.7 Å². The van der Waals surface area contributed by atoms with E-state index >= 15 is 0 Å². The SMILES string of the molecule is Brc1ccc(C=C(C2=N[C@@H](c3ccccc3)CO2)C2=N[C@@H](c3ccccc3)CO2)cc1. The van der Waals surface area contributed by atoms with Gasteiger partial charge in [-0.05, 0) is 34.9 Å². The van der Waals surface area contributed by atoms with Crippen LogP contribution in [0.3, 0.4) is 0 Å². The van der Waals surface area contributed by atoms with Gasteiger partial charge in [-0.3, -0.25) is 0 Å². The third kappa shape index (κ3) is 4.47. The van der Waals surface area contributed by atoms with Crippen molar-refractivity contribution < 1.29 is 9.47 Å². The molecule has 5 heteroatoms. The van der Waals surface area contributed by atoms with E-state index in [0.29, 0.717) is 25.0 Å². The fraction of sp³-hybridized carbons (Fsp3) is 0.154. The quantitative estimate of drug-likeness (QED) is 0.445. The van der Waals surface area contributed by atoms with Crippen molar-refractivity contribution in [2.24, 2.45) is 9.98 Å². The molecule has 0 aliphatic carbocycles. The minimum atomic E-state index is -0.0311. The summed E-state index contributed by atoms with van der Waals surface area (Å²) in [6, 6.07) is 28.5. The Kier molecular flexibility index (Phi) is 5.67. The van der Waals surface area contributed by atoms with Gasteiger partial charge in [-0.1, -0.05) is 88.7 Å². The van der Waals surface area contributed by atoms with Crippen molar-refractivity contribution in [2.75, 3.05) is 13.2 Å². The minimum Gasteiger partial charge on any atom is -0.475 e. The Morgan fingerprint density at radius 3 is 1.68 bits per heavy atom. The smallest absolute Gasteiger partial charge is 0.222 e. The van der Waals surface area contributed by atoms with Crippen LogP contribution >= 0.6 is 15.9 Å². The fourth-order valence-corrected chi connectivity index (χ4v) is 3.94. The Bertz CT molecular complexity index is 1070. The summed E-state index contributed by atoms with van der Waals surface area (Å²) in [6.45, 7) is 1.01. The lowest BCUT2D eigenvalue weighted by Crippen LogP contribution is -2.14. The molecule has 5 rings (SSSR count). The highest BCUT2D eigenvalue weighted by Crippen LogP contribution is 2.30. The Labute approximate surface area is 190 Å². The predicted molar refractivity (Wildman–Crippen MR) is 127 cm³/mol. The number of rotatable bonds is 5. The van der Waals surface area contributed by atoms with Crippen molar-refractivity contribution in [1.82, 2.24) is 0 Å². The molecule has 0 N–H and O–H groups in total. The van der Waals surface area contributed by atoms with Crippen molar-refractivity contribution in [2.45, 2.75) is 12.1 Å². The Morgan fingerprint density at radius 1 is 0.710 bits per heavy atom. The number of nitrogens with zero attached hydrogens (tertiary/aromatic N) is 2. The molecule has 0 aromatic heterocycles. The first kappa shape index (κ1) is 19.8. The number of hydrogen-bond acceptors (Lipinski definition) is 4. The molecule has 2 heterocycles. The molecule has 2 aliphatic heterocycles. The average Bonchev–Trinajstić information content (AvgIpc) is 3.51. The molecule has 2 atom stereocenters. The summed E-state index contributed by atoms with van der Waals surface area (Å²) >= 11 is 3.49. The zero-order valence-electron chi connectivity index (χ0n) is 16.8. The Hall–Kier alpha value is -3.18. The summed E-state index contributed by atoms with van der Waals surface area (Å²) in [5.74, 6) is 1.15. The molecular weight excluding hydrogens is 452 g/mol. The van der Waals surface area contributed by atoms with Gasteiger partial charge in [-0.2, -0.15) is 0 Å². The maximum atomic E-state index is 6.04. The second-order valence-corrected chi connectivity index (χ2v) is 8.37.